The molecule has 4 nitrogen and oxygen atoms in total. The Labute approximate surface area is 112 Å². The van der Waals surface area contributed by atoms with Gasteiger partial charge in [0.25, 0.3) is 5.91 Å². The average Bonchev–Trinajstić information content (AvgIpc) is 2.81. The number of amides is 1. The number of carbonyl (C=O) groups is 2. The van der Waals surface area contributed by atoms with Gasteiger partial charge in [0, 0.05) is 10.7 Å². The van der Waals surface area contributed by atoms with E-state index in [1.807, 2.05) is 0 Å². The Hall–Kier alpha value is -1.85. The average molecular weight is 282 g/mol. The Kier molecular flexibility index (Phi) is 3.64. The lowest BCUT2D eigenvalue weighted by Gasteiger charge is -2.04. The van der Waals surface area contributed by atoms with E-state index in [0.29, 0.717) is 10.7 Å². The molecule has 0 saturated carbocycles. The van der Waals surface area contributed by atoms with E-state index >= 15 is 0 Å². The summed E-state index contributed by atoms with van der Waals surface area (Å²) in [6.45, 7) is 0. The third-order valence-electron chi connectivity index (χ3n) is 2.20. The first-order valence-corrected chi connectivity index (χ1v) is 6.21. The Bertz CT molecular complexity index is 592. The van der Waals surface area contributed by atoms with Crippen molar-refractivity contribution in [1.82, 2.24) is 0 Å². The van der Waals surface area contributed by atoms with Crippen molar-refractivity contribution in [1.29, 1.82) is 0 Å². The van der Waals surface area contributed by atoms with Gasteiger partial charge in [0.15, 0.2) is 0 Å². The van der Waals surface area contributed by atoms with Gasteiger partial charge < -0.3 is 10.4 Å². The standard InChI is InChI=1S/C12H8ClNO3S/c13-7-1-3-8(4-2-7)14-11(15)10-9(12(16)17)5-6-18-10/h1-6H,(H,14,15)(H,16,17). The molecule has 0 spiro atoms. The first-order chi connectivity index (χ1) is 8.58. The van der Waals surface area contributed by atoms with Crippen molar-refractivity contribution in [3.8, 4) is 0 Å². The molecule has 0 fully saturated rings. The summed E-state index contributed by atoms with van der Waals surface area (Å²) >= 11 is 6.82. The number of halogens is 1. The Balaban J connectivity index is 2.19. The molecule has 0 aliphatic carbocycles. The quantitative estimate of drug-likeness (QED) is 0.906. The van der Waals surface area contributed by atoms with Crippen molar-refractivity contribution in [3.63, 3.8) is 0 Å². The van der Waals surface area contributed by atoms with Crippen molar-refractivity contribution >= 4 is 40.5 Å². The minimum atomic E-state index is -1.11. The van der Waals surface area contributed by atoms with Crippen LogP contribution in [-0.2, 0) is 0 Å². The second-order valence-electron chi connectivity index (χ2n) is 3.43. The number of hydrogen-bond acceptors (Lipinski definition) is 3. The predicted molar refractivity (Wildman–Crippen MR) is 70.7 cm³/mol. The number of rotatable bonds is 3. The van der Waals surface area contributed by atoms with Gasteiger partial charge in [-0.1, -0.05) is 11.6 Å². The van der Waals surface area contributed by atoms with E-state index in [1.165, 1.54) is 6.07 Å². The number of hydrogen-bond donors (Lipinski definition) is 2. The van der Waals surface area contributed by atoms with E-state index < -0.39 is 11.9 Å². The first-order valence-electron chi connectivity index (χ1n) is 4.95. The molecule has 0 radical (unpaired) electrons. The summed E-state index contributed by atoms with van der Waals surface area (Å²) in [5.74, 6) is -1.55. The number of anilines is 1. The van der Waals surface area contributed by atoms with Gasteiger partial charge in [-0.3, -0.25) is 4.79 Å². The van der Waals surface area contributed by atoms with E-state index in [9.17, 15) is 9.59 Å². The molecule has 0 aliphatic heterocycles. The molecular formula is C12H8ClNO3S. The molecule has 6 heteroatoms. The number of thiophene rings is 1. The summed E-state index contributed by atoms with van der Waals surface area (Å²) in [6.07, 6.45) is 0. The lowest BCUT2D eigenvalue weighted by molar-refractivity contribution is 0.0693. The van der Waals surface area contributed by atoms with Crippen LogP contribution in [0, 0.1) is 0 Å². The van der Waals surface area contributed by atoms with Crippen molar-refractivity contribution < 1.29 is 14.7 Å². The summed E-state index contributed by atoms with van der Waals surface area (Å²) < 4.78 is 0. The number of benzene rings is 1. The highest BCUT2D eigenvalue weighted by Gasteiger charge is 2.17. The molecule has 1 heterocycles. The normalized spacial score (nSPS) is 10.1. The van der Waals surface area contributed by atoms with Crippen LogP contribution in [0.2, 0.25) is 5.02 Å². The molecule has 2 N–H and O–H groups in total. The van der Waals surface area contributed by atoms with Gasteiger partial charge >= 0.3 is 5.97 Å². The molecule has 1 amide bonds. The molecule has 18 heavy (non-hydrogen) atoms. The van der Waals surface area contributed by atoms with Crippen LogP contribution in [0.15, 0.2) is 35.7 Å². The molecule has 2 aromatic rings. The fraction of sp³-hybridized carbons (Fsp3) is 0. The Morgan fingerprint density at radius 1 is 1.17 bits per heavy atom. The van der Waals surface area contributed by atoms with Gasteiger partial charge in [0.05, 0.1) is 5.56 Å². The van der Waals surface area contributed by atoms with Crippen molar-refractivity contribution in [3.05, 3.63) is 51.2 Å². The summed E-state index contributed by atoms with van der Waals surface area (Å²) in [4.78, 5) is 23.0. The number of aromatic carboxylic acids is 1. The summed E-state index contributed by atoms with van der Waals surface area (Å²) in [6, 6.07) is 7.99. The largest absolute Gasteiger partial charge is 0.478 e. The molecule has 0 bridgehead atoms. The first kappa shape index (κ1) is 12.6. The van der Waals surface area contributed by atoms with E-state index in [1.54, 1.807) is 29.6 Å². The summed E-state index contributed by atoms with van der Waals surface area (Å²) in [5, 5.41) is 13.7. The van der Waals surface area contributed by atoms with Gasteiger partial charge in [-0.05, 0) is 35.7 Å². The minimum Gasteiger partial charge on any atom is -0.478 e. The van der Waals surface area contributed by atoms with Crippen LogP contribution in [0.3, 0.4) is 0 Å². The molecule has 0 atom stereocenters. The third-order valence-corrected chi connectivity index (χ3v) is 3.37. The number of carbonyl (C=O) groups excluding carboxylic acids is 1. The number of carboxylic acids is 1. The SMILES string of the molecule is O=C(O)c1ccsc1C(=O)Nc1ccc(Cl)cc1. The monoisotopic (exact) mass is 281 g/mol. The second-order valence-corrected chi connectivity index (χ2v) is 4.78. The Morgan fingerprint density at radius 3 is 2.44 bits per heavy atom. The second kappa shape index (κ2) is 5.20. The molecule has 92 valence electrons. The van der Waals surface area contributed by atoms with Crippen LogP contribution >= 0.6 is 22.9 Å². The van der Waals surface area contributed by atoms with Crippen LogP contribution in [0.5, 0.6) is 0 Å². The smallest absolute Gasteiger partial charge is 0.337 e. The maximum atomic E-state index is 11.9. The zero-order chi connectivity index (χ0) is 13.1. The van der Waals surface area contributed by atoms with Gasteiger partial charge in [-0.2, -0.15) is 0 Å². The van der Waals surface area contributed by atoms with Gasteiger partial charge in [-0.25, -0.2) is 4.79 Å². The van der Waals surface area contributed by atoms with Crippen LogP contribution in [0.25, 0.3) is 0 Å². The van der Waals surface area contributed by atoms with Crippen molar-refractivity contribution in [2.24, 2.45) is 0 Å². The highest BCUT2D eigenvalue weighted by Crippen LogP contribution is 2.20. The number of nitrogens with one attached hydrogen (secondary N) is 1. The summed E-state index contributed by atoms with van der Waals surface area (Å²) in [5.41, 5.74) is 0.570. The predicted octanol–water partition coefficient (Wildman–Crippen LogP) is 3.35. The summed E-state index contributed by atoms with van der Waals surface area (Å²) in [7, 11) is 0. The lowest BCUT2D eigenvalue weighted by Crippen LogP contribution is -2.13. The Morgan fingerprint density at radius 2 is 1.83 bits per heavy atom. The van der Waals surface area contributed by atoms with Gasteiger partial charge in [-0.15, -0.1) is 11.3 Å². The fourth-order valence-corrected chi connectivity index (χ4v) is 2.28. The topological polar surface area (TPSA) is 66.4 Å². The zero-order valence-corrected chi connectivity index (χ0v) is 10.6. The van der Waals surface area contributed by atoms with E-state index in [2.05, 4.69) is 5.32 Å². The lowest BCUT2D eigenvalue weighted by atomic mass is 10.2. The molecule has 0 saturated heterocycles. The maximum Gasteiger partial charge on any atom is 0.337 e. The zero-order valence-electron chi connectivity index (χ0n) is 9.01. The molecule has 1 aromatic heterocycles. The third kappa shape index (κ3) is 2.69. The minimum absolute atomic E-state index is 0.00598. The van der Waals surface area contributed by atoms with Crippen LogP contribution < -0.4 is 5.32 Å². The van der Waals surface area contributed by atoms with Crippen molar-refractivity contribution in [2.45, 2.75) is 0 Å². The molecule has 1 aromatic carbocycles. The van der Waals surface area contributed by atoms with Gasteiger partial charge in [0.2, 0.25) is 0 Å². The molecule has 0 aliphatic rings. The molecule has 0 unspecified atom stereocenters. The fourth-order valence-electron chi connectivity index (χ4n) is 1.37. The van der Waals surface area contributed by atoms with E-state index in [4.69, 9.17) is 16.7 Å². The highest BCUT2D eigenvalue weighted by molar-refractivity contribution is 7.12. The highest BCUT2D eigenvalue weighted by atomic mass is 35.5. The van der Waals surface area contributed by atoms with E-state index in [0.717, 1.165) is 11.3 Å². The maximum absolute atomic E-state index is 11.9. The molecule has 2 rings (SSSR count). The molecular weight excluding hydrogens is 274 g/mol. The van der Waals surface area contributed by atoms with Crippen LogP contribution in [0.1, 0.15) is 20.0 Å². The van der Waals surface area contributed by atoms with Gasteiger partial charge in [0.1, 0.15) is 4.88 Å². The number of carboxylic acid groups (broad SMARTS) is 1. The van der Waals surface area contributed by atoms with Crippen molar-refractivity contribution in [2.75, 3.05) is 5.32 Å². The van der Waals surface area contributed by atoms with E-state index in [-0.39, 0.29) is 10.4 Å². The van der Waals surface area contributed by atoms with Crippen LogP contribution in [-0.4, -0.2) is 17.0 Å². The van der Waals surface area contributed by atoms with Crippen LogP contribution in [0.4, 0.5) is 5.69 Å².